The number of nitrogens with zero attached hydrogens (tertiary/aromatic N) is 3. The van der Waals surface area contributed by atoms with Gasteiger partial charge in [-0.1, -0.05) is 6.07 Å². The van der Waals surface area contributed by atoms with Gasteiger partial charge in [0, 0.05) is 38.2 Å². The number of benzene rings is 1. The van der Waals surface area contributed by atoms with Crippen LogP contribution < -0.4 is 4.90 Å². The normalized spacial score (nSPS) is 21.0. The summed E-state index contributed by atoms with van der Waals surface area (Å²) in [7, 11) is -3.69. The van der Waals surface area contributed by atoms with Gasteiger partial charge in [-0.3, -0.25) is 9.59 Å². The Labute approximate surface area is 153 Å². The van der Waals surface area contributed by atoms with E-state index in [4.69, 9.17) is 0 Å². The molecule has 1 aromatic rings. The minimum Gasteiger partial charge on any atom is -0.327 e. The molecule has 26 heavy (non-hydrogen) atoms. The number of carbonyl (C=O) groups excluding carboxylic acids is 2. The van der Waals surface area contributed by atoms with Crippen LogP contribution in [0.4, 0.5) is 5.69 Å². The molecule has 2 amide bonds. The van der Waals surface area contributed by atoms with Crippen LogP contribution in [0.2, 0.25) is 0 Å². The third-order valence-corrected chi connectivity index (χ3v) is 7.21. The SMILES string of the molecule is CC(=O)N1CCCc2ccc(S(=O)(=O)N3CCN(C(=O)C4CC4)C3)cc21. The number of hydrogen-bond donors (Lipinski definition) is 0. The van der Waals surface area contributed by atoms with Crippen LogP contribution in [0.15, 0.2) is 23.1 Å². The number of fused-ring (bicyclic) bond motifs is 1. The Hall–Kier alpha value is -1.93. The van der Waals surface area contributed by atoms with Crippen molar-refractivity contribution < 1.29 is 18.0 Å². The van der Waals surface area contributed by atoms with E-state index in [1.165, 1.54) is 11.2 Å². The summed E-state index contributed by atoms with van der Waals surface area (Å²) in [5.74, 6) is 0.0734. The molecule has 0 unspecified atom stereocenters. The van der Waals surface area contributed by atoms with Crippen LogP contribution in [0.5, 0.6) is 0 Å². The summed E-state index contributed by atoms with van der Waals surface area (Å²) in [6.45, 7) is 2.98. The van der Waals surface area contributed by atoms with Crippen LogP contribution in [0.25, 0.3) is 0 Å². The Balaban J connectivity index is 1.59. The molecule has 1 aromatic carbocycles. The highest BCUT2D eigenvalue weighted by Gasteiger charge is 2.39. The summed E-state index contributed by atoms with van der Waals surface area (Å²) in [4.78, 5) is 27.5. The summed E-state index contributed by atoms with van der Waals surface area (Å²) in [5, 5.41) is 0. The molecule has 7 nitrogen and oxygen atoms in total. The average molecular weight is 377 g/mol. The van der Waals surface area contributed by atoms with E-state index in [0.717, 1.165) is 31.2 Å². The first-order valence-electron chi connectivity index (χ1n) is 9.08. The molecule has 0 spiro atoms. The van der Waals surface area contributed by atoms with Crippen LogP contribution in [-0.2, 0) is 26.0 Å². The zero-order valence-corrected chi connectivity index (χ0v) is 15.7. The van der Waals surface area contributed by atoms with E-state index < -0.39 is 10.0 Å². The molecule has 2 fully saturated rings. The van der Waals surface area contributed by atoms with Crippen molar-refractivity contribution >= 4 is 27.5 Å². The topological polar surface area (TPSA) is 78.0 Å². The lowest BCUT2D eigenvalue weighted by molar-refractivity contribution is -0.131. The highest BCUT2D eigenvalue weighted by Crippen LogP contribution is 2.34. The lowest BCUT2D eigenvalue weighted by atomic mass is 10.0. The highest BCUT2D eigenvalue weighted by atomic mass is 32.2. The number of sulfonamides is 1. The molecular formula is C18H23N3O4S. The van der Waals surface area contributed by atoms with Gasteiger partial charge < -0.3 is 9.80 Å². The van der Waals surface area contributed by atoms with Gasteiger partial charge in [-0.2, -0.15) is 4.31 Å². The van der Waals surface area contributed by atoms with E-state index in [0.29, 0.717) is 25.3 Å². The van der Waals surface area contributed by atoms with Crippen LogP contribution in [-0.4, -0.2) is 55.7 Å². The van der Waals surface area contributed by atoms with Crippen molar-refractivity contribution in [1.29, 1.82) is 0 Å². The van der Waals surface area contributed by atoms with Gasteiger partial charge in [0.05, 0.1) is 11.6 Å². The van der Waals surface area contributed by atoms with Crippen LogP contribution in [0, 0.1) is 5.92 Å². The van der Waals surface area contributed by atoms with E-state index >= 15 is 0 Å². The quantitative estimate of drug-likeness (QED) is 0.793. The summed E-state index contributed by atoms with van der Waals surface area (Å²) < 4.78 is 27.4. The zero-order valence-electron chi connectivity index (χ0n) is 14.8. The van der Waals surface area contributed by atoms with Crippen molar-refractivity contribution in [1.82, 2.24) is 9.21 Å². The van der Waals surface area contributed by atoms with Gasteiger partial charge in [0.15, 0.2) is 0 Å². The van der Waals surface area contributed by atoms with Crippen LogP contribution in [0.1, 0.15) is 31.7 Å². The lowest BCUT2D eigenvalue weighted by Crippen LogP contribution is -2.35. The van der Waals surface area contributed by atoms with Gasteiger partial charge in [-0.25, -0.2) is 8.42 Å². The molecule has 2 aliphatic heterocycles. The first-order valence-corrected chi connectivity index (χ1v) is 10.5. The molecule has 4 rings (SSSR count). The predicted octanol–water partition coefficient (Wildman–Crippen LogP) is 1.19. The first kappa shape index (κ1) is 17.5. The van der Waals surface area contributed by atoms with Crippen molar-refractivity contribution in [2.24, 2.45) is 5.92 Å². The van der Waals surface area contributed by atoms with Gasteiger partial charge in [-0.15, -0.1) is 0 Å². The summed E-state index contributed by atoms with van der Waals surface area (Å²) in [6.07, 6.45) is 3.54. The molecule has 1 saturated heterocycles. The van der Waals surface area contributed by atoms with E-state index in [-0.39, 0.29) is 29.3 Å². The smallest absolute Gasteiger partial charge is 0.244 e. The molecule has 0 atom stereocenters. The number of amides is 2. The first-order chi connectivity index (χ1) is 12.4. The molecule has 0 radical (unpaired) electrons. The largest absolute Gasteiger partial charge is 0.327 e. The minimum absolute atomic E-state index is 0.0656. The predicted molar refractivity (Wildman–Crippen MR) is 96.0 cm³/mol. The van der Waals surface area contributed by atoms with Gasteiger partial charge in [0.1, 0.15) is 0 Å². The number of aryl methyl sites for hydroxylation is 1. The molecule has 1 aliphatic carbocycles. The maximum atomic E-state index is 13.0. The Kier molecular flexibility index (Phi) is 4.27. The molecule has 3 aliphatic rings. The van der Waals surface area contributed by atoms with Crippen molar-refractivity contribution in [2.45, 2.75) is 37.5 Å². The second kappa shape index (κ2) is 6.35. The van der Waals surface area contributed by atoms with Crippen molar-refractivity contribution in [3.63, 3.8) is 0 Å². The fraction of sp³-hybridized carbons (Fsp3) is 0.556. The fourth-order valence-corrected chi connectivity index (χ4v) is 5.13. The van der Waals surface area contributed by atoms with Gasteiger partial charge in [0.2, 0.25) is 21.8 Å². The number of rotatable bonds is 3. The lowest BCUT2D eigenvalue weighted by Gasteiger charge is -2.29. The summed E-state index contributed by atoms with van der Waals surface area (Å²) >= 11 is 0. The maximum Gasteiger partial charge on any atom is 0.244 e. The third kappa shape index (κ3) is 3.01. The molecule has 2 heterocycles. The summed E-state index contributed by atoms with van der Waals surface area (Å²) in [6, 6.07) is 5.03. The summed E-state index contributed by atoms with van der Waals surface area (Å²) in [5.41, 5.74) is 1.69. The Bertz CT molecular complexity index is 863. The van der Waals surface area contributed by atoms with E-state index in [1.54, 1.807) is 28.0 Å². The number of hydrogen-bond acceptors (Lipinski definition) is 4. The number of anilines is 1. The molecule has 0 aromatic heterocycles. The third-order valence-electron chi connectivity index (χ3n) is 5.38. The highest BCUT2D eigenvalue weighted by molar-refractivity contribution is 7.89. The van der Waals surface area contributed by atoms with Gasteiger partial charge >= 0.3 is 0 Å². The zero-order chi connectivity index (χ0) is 18.5. The van der Waals surface area contributed by atoms with Gasteiger partial charge in [0.25, 0.3) is 0 Å². The van der Waals surface area contributed by atoms with E-state index in [1.807, 2.05) is 0 Å². The molecule has 140 valence electrons. The molecule has 1 saturated carbocycles. The second-order valence-corrected chi connectivity index (χ2v) is 9.20. The van der Waals surface area contributed by atoms with Gasteiger partial charge in [-0.05, 0) is 43.4 Å². The fourth-order valence-electron chi connectivity index (χ4n) is 3.72. The van der Waals surface area contributed by atoms with E-state index in [2.05, 4.69) is 0 Å². The van der Waals surface area contributed by atoms with Crippen molar-refractivity contribution in [3.05, 3.63) is 23.8 Å². The monoisotopic (exact) mass is 377 g/mol. The molecule has 0 N–H and O–H groups in total. The Morgan fingerprint density at radius 2 is 1.88 bits per heavy atom. The second-order valence-electron chi connectivity index (χ2n) is 7.26. The number of carbonyl (C=O) groups is 2. The maximum absolute atomic E-state index is 13.0. The molecule has 8 heteroatoms. The Morgan fingerprint density at radius 1 is 1.12 bits per heavy atom. The average Bonchev–Trinajstić information content (AvgIpc) is 3.35. The minimum atomic E-state index is -3.69. The standard InChI is InChI=1S/C18H23N3O4S/c1-13(22)21-8-2-3-14-6-7-16(11-17(14)21)26(24,25)20-10-9-19(12-20)18(23)15-4-5-15/h6-7,11,15H,2-5,8-10,12H2,1H3. The molecular weight excluding hydrogens is 354 g/mol. The van der Waals surface area contributed by atoms with Crippen molar-refractivity contribution in [3.8, 4) is 0 Å². The van der Waals surface area contributed by atoms with Crippen molar-refractivity contribution in [2.75, 3.05) is 31.2 Å². The Morgan fingerprint density at radius 3 is 2.58 bits per heavy atom. The van der Waals surface area contributed by atoms with Crippen LogP contribution in [0.3, 0.4) is 0 Å². The van der Waals surface area contributed by atoms with E-state index in [9.17, 15) is 18.0 Å². The molecule has 0 bridgehead atoms. The van der Waals surface area contributed by atoms with Crippen LogP contribution >= 0.6 is 0 Å².